The van der Waals surface area contributed by atoms with Crippen molar-refractivity contribution in [2.45, 2.75) is 25.1 Å². The summed E-state index contributed by atoms with van der Waals surface area (Å²) in [6, 6.07) is 10.4. The molecule has 3 nitrogen and oxygen atoms in total. The molecular weight excluding hydrogens is 262 g/mol. The summed E-state index contributed by atoms with van der Waals surface area (Å²) in [4.78, 5) is 15.1. The van der Waals surface area contributed by atoms with Gasteiger partial charge in [0, 0.05) is 5.92 Å². The van der Waals surface area contributed by atoms with Crippen molar-refractivity contribution < 1.29 is 9.53 Å². The van der Waals surface area contributed by atoms with Crippen molar-refractivity contribution >= 4 is 5.91 Å². The molecule has 2 aliphatic heterocycles. The molecular formula is C18H19NO2. The third-order valence-electron chi connectivity index (χ3n) is 6.11. The highest BCUT2D eigenvalue weighted by Gasteiger charge is 2.68. The van der Waals surface area contributed by atoms with Gasteiger partial charge in [-0.2, -0.15) is 0 Å². The van der Waals surface area contributed by atoms with Gasteiger partial charge in [0.25, 0.3) is 0 Å². The highest BCUT2D eigenvalue weighted by atomic mass is 16.5. The van der Waals surface area contributed by atoms with Gasteiger partial charge < -0.3 is 9.64 Å². The van der Waals surface area contributed by atoms with Crippen molar-refractivity contribution in [1.82, 2.24) is 4.90 Å². The fraction of sp³-hybridized carbons (Fsp3) is 0.500. The Bertz CT molecular complexity index is 640. The minimum atomic E-state index is -0.410. The second-order valence-corrected chi connectivity index (χ2v) is 7.00. The lowest BCUT2D eigenvalue weighted by atomic mass is 9.80. The lowest BCUT2D eigenvalue weighted by Gasteiger charge is -2.35. The van der Waals surface area contributed by atoms with Crippen molar-refractivity contribution in [3.63, 3.8) is 0 Å². The molecule has 0 spiro atoms. The van der Waals surface area contributed by atoms with E-state index in [-0.39, 0.29) is 12.0 Å². The van der Waals surface area contributed by atoms with Crippen LogP contribution < -0.4 is 0 Å². The predicted octanol–water partition coefficient (Wildman–Crippen LogP) is 2.75. The molecule has 2 bridgehead atoms. The second kappa shape index (κ2) is 3.77. The zero-order chi connectivity index (χ0) is 14.2. The van der Waals surface area contributed by atoms with Gasteiger partial charge in [-0.1, -0.05) is 42.5 Å². The molecule has 0 radical (unpaired) electrons. The quantitative estimate of drug-likeness (QED) is 0.741. The van der Waals surface area contributed by atoms with E-state index in [0.717, 1.165) is 6.42 Å². The summed E-state index contributed by atoms with van der Waals surface area (Å²) in [6.45, 7) is 2.75. The summed E-state index contributed by atoms with van der Waals surface area (Å²) in [6.07, 6.45) is 5.71. The van der Waals surface area contributed by atoms with E-state index in [4.69, 9.17) is 4.74 Å². The van der Waals surface area contributed by atoms with E-state index < -0.39 is 5.72 Å². The van der Waals surface area contributed by atoms with Crippen LogP contribution in [0.4, 0.5) is 0 Å². The van der Waals surface area contributed by atoms with Crippen LogP contribution in [-0.2, 0) is 9.53 Å². The Morgan fingerprint density at radius 2 is 1.95 bits per heavy atom. The molecule has 2 heterocycles. The Balaban J connectivity index is 1.59. The zero-order valence-corrected chi connectivity index (χ0v) is 12.1. The molecule has 108 valence electrons. The lowest BCUT2D eigenvalue weighted by Crippen LogP contribution is -2.45. The highest BCUT2D eigenvalue weighted by Crippen LogP contribution is 2.62. The molecule has 1 saturated carbocycles. The first-order valence-corrected chi connectivity index (χ1v) is 7.90. The van der Waals surface area contributed by atoms with Crippen LogP contribution in [0, 0.1) is 23.7 Å². The fourth-order valence-electron chi connectivity index (χ4n) is 5.30. The average molecular weight is 281 g/mol. The van der Waals surface area contributed by atoms with Crippen LogP contribution in [0.1, 0.15) is 24.9 Å². The van der Waals surface area contributed by atoms with Gasteiger partial charge in [-0.3, -0.25) is 4.79 Å². The number of amides is 1. The molecule has 1 aromatic rings. The molecule has 6 atom stereocenters. The molecule has 6 unspecified atom stereocenters. The predicted molar refractivity (Wildman–Crippen MR) is 78.1 cm³/mol. The zero-order valence-electron chi connectivity index (χ0n) is 12.1. The van der Waals surface area contributed by atoms with Gasteiger partial charge in [-0.05, 0) is 30.7 Å². The van der Waals surface area contributed by atoms with Gasteiger partial charge in [0.05, 0.1) is 18.6 Å². The third-order valence-corrected chi connectivity index (χ3v) is 6.11. The monoisotopic (exact) mass is 281 g/mol. The van der Waals surface area contributed by atoms with Gasteiger partial charge in [-0.25, -0.2) is 0 Å². The first kappa shape index (κ1) is 12.0. The Morgan fingerprint density at radius 1 is 1.19 bits per heavy atom. The minimum absolute atomic E-state index is 0.0775. The maximum absolute atomic E-state index is 13.1. The molecule has 21 heavy (non-hydrogen) atoms. The van der Waals surface area contributed by atoms with Crippen LogP contribution in [0.25, 0.3) is 0 Å². The van der Waals surface area contributed by atoms with Crippen molar-refractivity contribution in [1.29, 1.82) is 0 Å². The number of ether oxygens (including phenoxy) is 1. The lowest BCUT2D eigenvalue weighted by molar-refractivity contribution is -0.141. The first-order chi connectivity index (χ1) is 10.2. The van der Waals surface area contributed by atoms with Crippen LogP contribution in [-0.4, -0.2) is 23.1 Å². The number of hydrogen-bond acceptors (Lipinski definition) is 2. The van der Waals surface area contributed by atoms with Gasteiger partial charge in [-0.15, -0.1) is 0 Å². The molecule has 1 amide bonds. The molecule has 3 fully saturated rings. The number of fused-ring (bicyclic) bond motifs is 7. The Labute approximate surface area is 124 Å². The van der Waals surface area contributed by atoms with E-state index in [1.54, 1.807) is 0 Å². The standard InChI is InChI=1S/C18H19NO2/c1-18-16-13-8-7-12(9-13)15(16)17(20)19(18)14(10-21-18)11-5-3-2-4-6-11/h2-8,12-16H,9-10H2,1H3. The fourth-order valence-corrected chi connectivity index (χ4v) is 5.30. The maximum atomic E-state index is 13.1. The van der Waals surface area contributed by atoms with E-state index in [2.05, 4.69) is 36.1 Å². The van der Waals surface area contributed by atoms with Crippen molar-refractivity contribution in [2.24, 2.45) is 23.7 Å². The molecule has 0 N–H and O–H groups in total. The van der Waals surface area contributed by atoms with Gasteiger partial charge in [0.1, 0.15) is 5.72 Å². The van der Waals surface area contributed by atoms with Crippen LogP contribution in [0.5, 0.6) is 0 Å². The van der Waals surface area contributed by atoms with E-state index in [9.17, 15) is 4.79 Å². The topological polar surface area (TPSA) is 29.5 Å². The smallest absolute Gasteiger partial charge is 0.229 e. The van der Waals surface area contributed by atoms with E-state index in [1.165, 1.54) is 5.56 Å². The van der Waals surface area contributed by atoms with Gasteiger partial charge >= 0.3 is 0 Å². The summed E-state index contributed by atoms with van der Waals surface area (Å²) in [7, 11) is 0. The van der Waals surface area contributed by atoms with Crippen LogP contribution in [0.3, 0.4) is 0 Å². The van der Waals surface area contributed by atoms with Crippen molar-refractivity contribution in [3.05, 3.63) is 48.0 Å². The molecule has 1 aromatic carbocycles. The van der Waals surface area contributed by atoms with Crippen LogP contribution in [0.2, 0.25) is 0 Å². The number of carbonyl (C=O) groups excluding carboxylic acids is 1. The van der Waals surface area contributed by atoms with Crippen molar-refractivity contribution in [3.8, 4) is 0 Å². The first-order valence-electron chi connectivity index (χ1n) is 7.90. The molecule has 5 rings (SSSR count). The minimum Gasteiger partial charge on any atom is -0.353 e. The summed E-state index contributed by atoms with van der Waals surface area (Å²) in [5.74, 6) is 1.76. The number of benzene rings is 1. The Morgan fingerprint density at radius 3 is 2.76 bits per heavy atom. The van der Waals surface area contributed by atoms with Gasteiger partial charge in [0.15, 0.2) is 0 Å². The third kappa shape index (κ3) is 1.31. The number of nitrogens with zero attached hydrogens (tertiary/aromatic N) is 1. The number of carbonyl (C=O) groups is 1. The van der Waals surface area contributed by atoms with E-state index >= 15 is 0 Å². The van der Waals surface area contributed by atoms with Crippen molar-refractivity contribution in [2.75, 3.05) is 6.61 Å². The Hall–Kier alpha value is -1.61. The van der Waals surface area contributed by atoms with Gasteiger partial charge in [0.2, 0.25) is 5.91 Å². The maximum Gasteiger partial charge on any atom is 0.229 e. The van der Waals surface area contributed by atoms with Crippen LogP contribution >= 0.6 is 0 Å². The largest absolute Gasteiger partial charge is 0.353 e. The molecule has 2 saturated heterocycles. The highest BCUT2D eigenvalue weighted by molar-refractivity contribution is 5.85. The summed E-state index contributed by atoms with van der Waals surface area (Å²) in [5, 5.41) is 0. The average Bonchev–Trinajstić information content (AvgIpc) is 3.22. The number of rotatable bonds is 1. The SMILES string of the molecule is CC12OCC(c3ccccc3)N1C(=O)C1C3C=CC(C3)C12. The number of allylic oxidation sites excluding steroid dienone is 2. The van der Waals surface area contributed by atoms with E-state index in [0.29, 0.717) is 30.3 Å². The normalized spacial score (nSPS) is 46.2. The molecule has 4 aliphatic rings. The summed E-state index contributed by atoms with van der Waals surface area (Å²) in [5.41, 5.74) is 0.779. The second-order valence-electron chi connectivity index (χ2n) is 7.00. The van der Waals surface area contributed by atoms with E-state index in [1.807, 2.05) is 18.2 Å². The van der Waals surface area contributed by atoms with Crippen LogP contribution in [0.15, 0.2) is 42.5 Å². The summed E-state index contributed by atoms with van der Waals surface area (Å²) >= 11 is 0. The Kier molecular flexibility index (Phi) is 2.15. The molecule has 3 heteroatoms. The molecule has 0 aromatic heterocycles. The summed E-state index contributed by atoms with van der Waals surface area (Å²) < 4.78 is 6.24. The molecule has 2 aliphatic carbocycles. The number of hydrogen-bond donors (Lipinski definition) is 0.